The zero-order valence-electron chi connectivity index (χ0n) is 16.2. The Balaban J connectivity index is 0.00000338. The smallest absolute Gasteiger partial charge is 0.200 e. The van der Waals surface area contributed by atoms with Crippen molar-refractivity contribution in [3.8, 4) is 17.2 Å². The third kappa shape index (κ3) is 6.10. The first-order valence-corrected chi connectivity index (χ1v) is 9.02. The molecule has 1 aliphatic carbocycles. The van der Waals surface area contributed by atoms with E-state index in [9.17, 15) is 5.11 Å². The van der Waals surface area contributed by atoms with Crippen LogP contribution in [0.25, 0.3) is 0 Å². The van der Waals surface area contributed by atoms with E-state index in [4.69, 9.17) is 9.47 Å². The summed E-state index contributed by atoms with van der Waals surface area (Å²) >= 11 is 0. The number of hydrogen-bond acceptors (Lipinski definition) is 4. The van der Waals surface area contributed by atoms with Crippen LogP contribution in [0.15, 0.2) is 17.1 Å². The van der Waals surface area contributed by atoms with Crippen molar-refractivity contribution < 1.29 is 14.6 Å². The minimum absolute atomic E-state index is 0. The molecule has 0 aromatic heterocycles. The van der Waals surface area contributed by atoms with Crippen molar-refractivity contribution in [3.05, 3.63) is 17.7 Å². The molecule has 2 rings (SSSR count). The predicted octanol–water partition coefficient (Wildman–Crippen LogP) is 3.66. The van der Waals surface area contributed by atoms with Crippen LogP contribution in [0.2, 0.25) is 0 Å². The van der Waals surface area contributed by atoms with Gasteiger partial charge in [-0.1, -0.05) is 13.3 Å². The molecule has 0 bridgehead atoms. The number of methoxy groups -OCH3 is 2. The van der Waals surface area contributed by atoms with Crippen molar-refractivity contribution in [2.75, 3.05) is 21.3 Å². The maximum Gasteiger partial charge on any atom is 0.200 e. The topological polar surface area (TPSA) is 75.1 Å². The lowest BCUT2D eigenvalue weighted by atomic mass is 9.84. The van der Waals surface area contributed by atoms with Crippen molar-refractivity contribution in [1.82, 2.24) is 10.6 Å². The van der Waals surface area contributed by atoms with Gasteiger partial charge in [0.25, 0.3) is 0 Å². The van der Waals surface area contributed by atoms with E-state index in [0.29, 0.717) is 24.1 Å². The van der Waals surface area contributed by atoms with E-state index in [1.165, 1.54) is 46.3 Å². The summed E-state index contributed by atoms with van der Waals surface area (Å²) in [5, 5.41) is 16.8. The van der Waals surface area contributed by atoms with Gasteiger partial charge in [0.15, 0.2) is 17.5 Å². The SMILES string of the molecule is CCC1CCC(NC(=NC)NCc2cc(OC)c(O)c(OC)c2)CC1.I. The molecule has 0 heterocycles. The van der Waals surface area contributed by atoms with E-state index in [2.05, 4.69) is 22.5 Å². The lowest BCUT2D eigenvalue weighted by molar-refractivity contribution is 0.304. The minimum atomic E-state index is 0. The second kappa shape index (κ2) is 11.4. The molecule has 0 unspecified atom stereocenters. The van der Waals surface area contributed by atoms with E-state index in [1.54, 1.807) is 19.2 Å². The van der Waals surface area contributed by atoms with Crippen LogP contribution in [0.3, 0.4) is 0 Å². The van der Waals surface area contributed by atoms with Gasteiger partial charge in [-0.3, -0.25) is 4.99 Å². The molecule has 0 spiro atoms. The van der Waals surface area contributed by atoms with E-state index in [1.807, 2.05) is 0 Å². The molecule has 1 fully saturated rings. The summed E-state index contributed by atoms with van der Waals surface area (Å²) in [6.07, 6.45) is 6.25. The monoisotopic (exact) mass is 477 g/mol. The number of hydrogen-bond donors (Lipinski definition) is 3. The summed E-state index contributed by atoms with van der Waals surface area (Å²) in [5.41, 5.74) is 0.948. The van der Waals surface area contributed by atoms with Crippen LogP contribution in [0.4, 0.5) is 0 Å². The van der Waals surface area contributed by atoms with Gasteiger partial charge in [-0.15, -0.1) is 24.0 Å². The van der Waals surface area contributed by atoms with Gasteiger partial charge in [0.1, 0.15) is 0 Å². The molecule has 0 aliphatic heterocycles. The number of guanidine groups is 1. The van der Waals surface area contributed by atoms with Crippen molar-refractivity contribution in [3.63, 3.8) is 0 Å². The largest absolute Gasteiger partial charge is 0.502 e. The number of aliphatic imine (C=N–C) groups is 1. The summed E-state index contributed by atoms with van der Waals surface area (Å²) in [5.74, 6) is 2.49. The Hall–Kier alpha value is -1.38. The second-order valence-corrected chi connectivity index (χ2v) is 6.54. The summed E-state index contributed by atoms with van der Waals surface area (Å²) in [4.78, 5) is 4.32. The average Bonchev–Trinajstić information content (AvgIpc) is 2.66. The zero-order valence-corrected chi connectivity index (χ0v) is 18.5. The molecular weight excluding hydrogens is 445 g/mol. The van der Waals surface area contributed by atoms with Crippen molar-refractivity contribution >= 4 is 29.9 Å². The fourth-order valence-electron chi connectivity index (χ4n) is 3.34. The highest BCUT2D eigenvalue weighted by Gasteiger charge is 2.20. The Bertz CT molecular complexity index is 562. The summed E-state index contributed by atoms with van der Waals surface area (Å²) < 4.78 is 10.4. The van der Waals surface area contributed by atoms with Gasteiger partial charge in [0, 0.05) is 19.6 Å². The molecule has 0 saturated heterocycles. The standard InChI is InChI=1S/C19H31N3O3.HI/c1-5-13-6-8-15(9-7-13)22-19(20-2)21-12-14-10-16(24-3)18(23)17(11-14)25-4;/h10-11,13,15,23H,5-9,12H2,1-4H3,(H2,20,21,22);1H. The number of halogens is 1. The van der Waals surface area contributed by atoms with Crippen molar-refractivity contribution in [2.45, 2.75) is 51.6 Å². The van der Waals surface area contributed by atoms with Crippen LogP contribution in [0, 0.1) is 5.92 Å². The number of aromatic hydroxyl groups is 1. The van der Waals surface area contributed by atoms with Gasteiger partial charge >= 0.3 is 0 Å². The van der Waals surface area contributed by atoms with Gasteiger partial charge in [-0.05, 0) is 49.3 Å². The number of phenols is 1. The molecule has 1 aromatic carbocycles. The van der Waals surface area contributed by atoms with Gasteiger partial charge in [-0.25, -0.2) is 0 Å². The number of nitrogens with one attached hydrogen (secondary N) is 2. The lowest BCUT2D eigenvalue weighted by Gasteiger charge is -2.29. The second-order valence-electron chi connectivity index (χ2n) is 6.54. The van der Waals surface area contributed by atoms with Crippen molar-refractivity contribution in [1.29, 1.82) is 0 Å². The fraction of sp³-hybridized carbons (Fsp3) is 0.632. The van der Waals surface area contributed by atoms with Crippen LogP contribution in [-0.4, -0.2) is 38.4 Å². The molecule has 0 amide bonds. The number of nitrogens with zero attached hydrogens (tertiary/aromatic N) is 1. The van der Waals surface area contributed by atoms with Gasteiger partial charge < -0.3 is 25.2 Å². The number of benzene rings is 1. The number of ether oxygens (including phenoxy) is 2. The van der Waals surface area contributed by atoms with Crippen molar-refractivity contribution in [2.24, 2.45) is 10.9 Å². The molecule has 3 N–H and O–H groups in total. The molecule has 1 aliphatic rings. The maximum absolute atomic E-state index is 9.99. The average molecular weight is 477 g/mol. The Kier molecular flexibility index (Phi) is 9.90. The normalized spacial score (nSPS) is 20.1. The Morgan fingerprint density at radius 3 is 2.19 bits per heavy atom. The first-order chi connectivity index (χ1) is 12.1. The summed E-state index contributed by atoms with van der Waals surface area (Å²) in [6, 6.07) is 4.08. The highest BCUT2D eigenvalue weighted by Crippen LogP contribution is 2.37. The molecule has 0 radical (unpaired) electrons. The minimum Gasteiger partial charge on any atom is -0.502 e. The predicted molar refractivity (Wildman–Crippen MR) is 116 cm³/mol. The molecule has 148 valence electrons. The van der Waals surface area contributed by atoms with E-state index >= 15 is 0 Å². The summed E-state index contributed by atoms with van der Waals surface area (Å²) in [7, 11) is 4.84. The van der Waals surface area contributed by atoms with Gasteiger partial charge in [-0.2, -0.15) is 0 Å². The summed E-state index contributed by atoms with van der Waals surface area (Å²) in [6.45, 7) is 2.84. The highest BCUT2D eigenvalue weighted by molar-refractivity contribution is 14.0. The lowest BCUT2D eigenvalue weighted by Crippen LogP contribution is -2.44. The molecule has 1 saturated carbocycles. The van der Waals surface area contributed by atoms with Gasteiger partial charge in [0.05, 0.1) is 14.2 Å². The van der Waals surface area contributed by atoms with Crippen LogP contribution in [0.5, 0.6) is 17.2 Å². The molecule has 7 heteroatoms. The first-order valence-electron chi connectivity index (χ1n) is 9.02. The van der Waals surface area contributed by atoms with Crippen LogP contribution >= 0.6 is 24.0 Å². The first kappa shape index (κ1) is 22.7. The third-order valence-corrected chi connectivity index (χ3v) is 4.99. The van der Waals surface area contributed by atoms with E-state index < -0.39 is 0 Å². The quantitative estimate of drug-likeness (QED) is 0.331. The fourth-order valence-corrected chi connectivity index (χ4v) is 3.34. The van der Waals surface area contributed by atoms with Crippen LogP contribution in [-0.2, 0) is 6.54 Å². The molecular formula is C19H32IN3O3. The van der Waals surface area contributed by atoms with Gasteiger partial charge in [0.2, 0.25) is 5.75 Å². The molecule has 6 nitrogen and oxygen atoms in total. The number of phenolic OH excluding ortho intramolecular Hbond substituents is 1. The van der Waals surface area contributed by atoms with Crippen LogP contribution < -0.4 is 20.1 Å². The maximum atomic E-state index is 9.99. The Morgan fingerprint density at radius 2 is 1.73 bits per heavy atom. The van der Waals surface area contributed by atoms with E-state index in [-0.39, 0.29) is 29.7 Å². The highest BCUT2D eigenvalue weighted by atomic mass is 127. The molecule has 26 heavy (non-hydrogen) atoms. The Labute approximate surface area is 173 Å². The number of rotatable bonds is 6. The Morgan fingerprint density at radius 1 is 1.15 bits per heavy atom. The molecule has 0 atom stereocenters. The van der Waals surface area contributed by atoms with Crippen LogP contribution in [0.1, 0.15) is 44.6 Å². The molecule has 1 aromatic rings. The third-order valence-electron chi connectivity index (χ3n) is 4.99. The zero-order chi connectivity index (χ0) is 18.2. The van der Waals surface area contributed by atoms with E-state index in [0.717, 1.165) is 17.4 Å².